The van der Waals surface area contributed by atoms with Crippen molar-refractivity contribution in [2.75, 3.05) is 6.61 Å². The third-order valence-corrected chi connectivity index (χ3v) is 3.56. The topological polar surface area (TPSA) is 58.9 Å². The Bertz CT molecular complexity index is 483. The first-order valence-electron chi connectivity index (χ1n) is 6.04. The van der Waals surface area contributed by atoms with E-state index in [-0.39, 0.29) is 6.61 Å². The Kier molecular flexibility index (Phi) is 4.39. The van der Waals surface area contributed by atoms with Crippen molar-refractivity contribution < 1.29 is 19.7 Å². The van der Waals surface area contributed by atoms with Gasteiger partial charge in [0, 0.05) is 12.5 Å². The lowest BCUT2D eigenvalue weighted by atomic mass is 9.98. The normalized spacial score (nSPS) is 39.2. The first-order valence-corrected chi connectivity index (χ1v) is 6.48. The summed E-state index contributed by atoms with van der Waals surface area (Å²) in [6.45, 7) is 1.82. The predicted octanol–water partition coefficient (Wildman–Crippen LogP) is 0.763. The van der Waals surface area contributed by atoms with Crippen molar-refractivity contribution >= 4 is 11.6 Å². The number of hydrogen-bond donors (Lipinski definition) is 2. The molecule has 2 N–H and O–H groups in total. The van der Waals surface area contributed by atoms with Crippen molar-refractivity contribution in [1.29, 1.82) is 0 Å². The second-order valence-corrected chi connectivity index (χ2v) is 4.93. The van der Waals surface area contributed by atoms with Gasteiger partial charge in [0.25, 0.3) is 0 Å². The lowest BCUT2D eigenvalue weighted by Crippen LogP contribution is -2.49. The second-order valence-electron chi connectivity index (χ2n) is 4.46. The van der Waals surface area contributed by atoms with Gasteiger partial charge in [-0.15, -0.1) is 11.6 Å². The SMILES string of the molecule is CC#CC#C/C=C1/O[C@@]2(CC[C@@H](O)CO2)[C@H](O)[C@H]1Cl. The smallest absolute Gasteiger partial charge is 0.238 e. The summed E-state index contributed by atoms with van der Waals surface area (Å²) < 4.78 is 11.1. The van der Waals surface area contributed by atoms with Crippen LogP contribution in [0, 0.1) is 23.7 Å². The number of aliphatic hydroxyl groups is 2. The molecule has 4 nitrogen and oxygen atoms in total. The summed E-state index contributed by atoms with van der Waals surface area (Å²) >= 11 is 6.11. The zero-order valence-electron chi connectivity index (χ0n) is 10.5. The second kappa shape index (κ2) is 5.86. The van der Waals surface area contributed by atoms with E-state index in [1.807, 2.05) is 0 Å². The molecule has 2 heterocycles. The fourth-order valence-corrected chi connectivity index (χ4v) is 2.38. The molecule has 0 aromatic carbocycles. The molecule has 2 aliphatic heterocycles. The van der Waals surface area contributed by atoms with Crippen molar-refractivity contribution in [3.05, 3.63) is 11.8 Å². The van der Waals surface area contributed by atoms with E-state index >= 15 is 0 Å². The molecule has 0 amide bonds. The molecule has 0 aromatic heterocycles. The lowest BCUT2D eigenvalue weighted by molar-refractivity contribution is -0.269. The van der Waals surface area contributed by atoms with Crippen LogP contribution in [0.1, 0.15) is 19.8 Å². The summed E-state index contributed by atoms with van der Waals surface area (Å²) in [4.78, 5) is 0. The Balaban J connectivity index is 2.14. The van der Waals surface area contributed by atoms with Crippen LogP contribution in [0.3, 0.4) is 0 Å². The standard InChI is InChI=1S/C14H15ClO4/c1-2-3-4-5-6-11-12(15)13(17)14(19-11)8-7-10(16)9-18-14/h6,10,12-13,16-17H,7-9H2,1H3/b11-6+/t10-,12+,13-,14+/m1/s1. The van der Waals surface area contributed by atoms with E-state index in [9.17, 15) is 10.2 Å². The van der Waals surface area contributed by atoms with Crippen LogP contribution in [-0.4, -0.2) is 40.2 Å². The maximum absolute atomic E-state index is 10.2. The molecular formula is C14H15ClO4. The fourth-order valence-electron chi connectivity index (χ4n) is 2.08. The average Bonchev–Trinajstić information content (AvgIpc) is 2.64. The fraction of sp³-hybridized carbons (Fsp3) is 0.571. The highest BCUT2D eigenvalue weighted by molar-refractivity contribution is 6.23. The molecule has 1 spiro atoms. The van der Waals surface area contributed by atoms with Crippen LogP contribution in [0.15, 0.2) is 11.8 Å². The van der Waals surface area contributed by atoms with Crippen LogP contribution in [0.25, 0.3) is 0 Å². The molecule has 0 aromatic rings. The van der Waals surface area contributed by atoms with Gasteiger partial charge in [-0.1, -0.05) is 11.8 Å². The van der Waals surface area contributed by atoms with Crippen molar-refractivity contribution in [2.45, 2.75) is 43.1 Å². The molecule has 0 saturated carbocycles. The molecule has 0 aliphatic carbocycles. The molecule has 0 radical (unpaired) electrons. The monoisotopic (exact) mass is 282 g/mol. The van der Waals surface area contributed by atoms with E-state index in [0.29, 0.717) is 18.6 Å². The minimum atomic E-state index is -1.16. The molecule has 2 fully saturated rings. The van der Waals surface area contributed by atoms with E-state index < -0.39 is 23.4 Å². The molecule has 102 valence electrons. The first-order chi connectivity index (χ1) is 9.09. The van der Waals surface area contributed by atoms with Crippen LogP contribution in [0.2, 0.25) is 0 Å². The van der Waals surface area contributed by atoms with Gasteiger partial charge in [-0.25, -0.2) is 0 Å². The minimum absolute atomic E-state index is 0.126. The van der Waals surface area contributed by atoms with Gasteiger partial charge < -0.3 is 19.7 Å². The zero-order valence-corrected chi connectivity index (χ0v) is 11.3. The maximum atomic E-state index is 10.2. The number of rotatable bonds is 0. The van der Waals surface area contributed by atoms with E-state index in [1.165, 1.54) is 6.08 Å². The zero-order chi connectivity index (χ0) is 13.9. The van der Waals surface area contributed by atoms with Gasteiger partial charge in [-0.3, -0.25) is 0 Å². The quantitative estimate of drug-likeness (QED) is 0.509. The minimum Gasteiger partial charge on any atom is -0.461 e. The summed E-state index contributed by atoms with van der Waals surface area (Å²) in [7, 11) is 0. The highest BCUT2D eigenvalue weighted by Gasteiger charge is 2.55. The number of allylic oxidation sites excluding steroid dienone is 1. The molecule has 4 atom stereocenters. The summed E-state index contributed by atoms with van der Waals surface area (Å²) in [5.74, 6) is 9.76. The molecular weight excluding hydrogens is 268 g/mol. The third-order valence-electron chi connectivity index (χ3n) is 3.11. The van der Waals surface area contributed by atoms with Gasteiger partial charge in [-0.2, -0.15) is 0 Å². The Morgan fingerprint density at radius 3 is 2.84 bits per heavy atom. The van der Waals surface area contributed by atoms with Crippen LogP contribution in [-0.2, 0) is 9.47 Å². The lowest BCUT2D eigenvalue weighted by Gasteiger charge is -2.36. The molecule has 2 saturated heterocycles. The Morgan fingerprint density at radius 2 is 2.21 bits per heavy atom. The maximum Gasteiger partial charge on any atom is 0.238 e. The molecule has 0 unspecified atom stereocenters. The molecule has 2 aliphatic rings. The first kappa shape index (κ1) is 14.2. The van der Waals surface area contributed by atoms with Crippen LogP contribution >= 0.6 is 11.6 Å². The van der Waals surface area contributed by atoms with Crippen LogP contribution in [0.5, 0.6) is 0 Å². The van der Waals surface area contributed by atoms with E-state index in [0.717, 1.165) is 0 Å². The van der Waals surface area contributed by atoms with Crippen LogP contribution < -0.4 is 0 Å². The number of alkyl halides is 1. The number of aliphatic hydroxyl groups excluding tert-OH is 2. The van der Waals surface area contributed by atoms with Gasteiger partial charge in [0.1, 0.15) is 17.2 Å². The summed E-state index contributed by atoms with van der Waals surface area (Å²) in [5.41, 5.74) is 0. The van der Waals surface area contributed by atoms with Crippen molar-refractivity contribution in [2.24, 2.45) is 0 Å². The summed E-state index contributed by atoms with van der Waals surface area (Å²) in [5, 5.41) is 18.9. The van der Waals surface area contributed by atoms with Gasteiger partial charge in [0.15, 0.2) is 0 Å². The number of halogens is 1. The van der Waals surface area contributed by atoms with Gasteiger partial charge in [0.2, 0.25) is 5.79 Å². The van der Waals surface area contributed by atoms with E-state index in [4.69, 9.17) is 21.1 Å². The van der Waals surface area contributed by atoms with E-state index in [1.54, 1.807) is 6.92 Å². The Labute approximate surface area is 117 Å². The van der Waals surface area contributed by atoms with Crippen LogP contribution in [0.4, 0.5) is 0 Å². The molecule has 19 heavy (non-hydrogen) atoms. The number of ether oxygens (including phenoxy) is 2. The van der Waals surface area contributed by atoms with Gasteiger partial charge in [0.05, 0.1) is 12.7 Å². The molecule has 5 heteroatoms. The largest absolute Gasteiger partial charge is 0.461 e. The highest BCUT2D eigenvalue weighted by Crippen LogP contribution is 2.42. The van der Waals surface area contributed by atoms with Gasteiger partial charge in [-0.05, 0) is 25.2 Å². The van der Waals surface area contributed by atoms with E-state index in [2.05, 4.69) is 23.7 Å². The Morgan fingerprint density at radius 1 is 1.42 bits per heavy atom. The highest BCUT2D eigenvalue weighted by atomic mass is 35.5. The van der Waals surface area contributed by atoms with Crippen molar-refractivity contribution in [1.82, 2.24) is 0 Å². The summed E-state index contributed by atoms with van der Waals surface area (Å²) in [6, 6.07) is 0. The number of hydrogen-bond acceptors (Lipinski definition) is 4. The van der Waals surface area contributed by atoms with Crippen molar-refractivity contribution in [3.8, 4) is 23.7 Å². The molecule has 2 rings (SSSR count). The van der Waals surface area contributed by atoms with Crippen molar-refractivity contribution in [3.63, 3.8) is 0 Å². The summed E-state index contributed by atoms with van der Waals surface area (Å²) in [6.07, 6.45) is 0.878. The predicted molar refractivity (Wildman–Crippen MR) is 70.0 cm³/mol. The molecule has 0 bridgehead atoms. The average molecular weight is 283 g/mol. The Hall–Kier alpha value is -1.17. The third kappa shape index (κ3) is 2.88. The van der Waals surface area contributed by atoms with Gasteiger partial charge >= 0.3 is 0 Å².